The van der Waals surface area contributed by atoms with E-state index in [0.29, 0.717) is 0 Å². The van der Waals surface area contributed by atoms with Gasteiger partial charge in [-0.2, -0.15) is 13.2 Å². The summed E-state index contributed by atoms with van der Waals surface area (Å²) in [7, 11) is 0. The first-order chi connectivity index (χ1) is 7.86. The van der Waals surface area contributed by atoms with E-state index in [1.807, 2.05) is 0 Å². The summed E-state index contributed by atoms with van der Waals surface area (Å²) in [6, 6.07) is 3.31. The minimum Gasteiger partial charge on any atom is -0.367 e. The van der Waals surface area contributed by atoms with E-state index in [0.717, 1.165) is 24.3 Å². The van der Waals surface area contributed by atoms with Crippen LogP contribution >= 0.6 is 0 Å². The van der Waals surface area contributed by atoms with E-state index < -0.39 is 23.8 Å². The van der Waals surface area contributed by atoms with Crippen molar-refractivity contribution in [1.82, 2.24) is 5.32 Å². The number of benzene rings is 1. The summed E-state index contributed by atoms with van der Waals surface area (Å²) in [6.07, 6.45) is -6.13. The van der Waals surface area contributed by atoms with E-state index in [2.05, 4.69) is 0 Å². The van der Waals surface area contributed by atoms with Crippen molar-refractivity contribution in [2.24, 2.45) is 0 Å². The molecule has 1 atom stereocenters. The third-order valence-corrected chi connectivity index (χ3v) is 1.97. The molecule has 1 aromatic rings. The average Bonchev–Trinajstić information content (AvgIpc) is 2.27. The fourth-order valence-electron chi connectivity index (χ4n) is 1.12. The number of aliphatic hydroxyl groups is 1. The van der Waals surface area contributed by atoms with Gasteiger partial charge in [-0.15, -0.1) is 0 Å². The molecule has 4 nitrogen and oxygen atoms in total. The molecule has 0 aliphatic heterocycles. The van der Waals surface area contributed by atoms with Crippen molar-refractivity contribution in [3.8, 4) is 0 Å². The third-order valence-electron chi connectivity index (χ3n) is 1.97. The number of halogens is 3. The SMILES string of the molecule is O=CNC(O)C(=O)c1ccc(C(F)(F)F)cc1. The molecule has 7 heteroatoms. The van der Waals surface area contributed by atoms with Crippen LogP contribution in [0.15, 0.2) is 24.3 Å². The van der Waals surface area contributed by atoms with Gasteiger partial charge in [0.05, 0.1) is 5.56 Å². The van der Waals surface area contributed by atoms with Crippen LogP contribution in [0.5, 0.6) is 0 Å². The molecule has 0 aromatic heterocycles. The zero-order valence-corrected chi connectivity index (χ0v) is 8.36. The lowest BCUT2D eigenvalue weighted by molar-refractivity contribution is -0.137. The number of rotatable bonds is 4. The highest BCUT2D eigenvalue weighted by Gasteiger charge is 2.30. The van der Waals surface area contributed by atoms with Crippen LogP contribution in [0.2, 0.25) is 0 Å². The van der Waals surface area contributed by atoms with E-state index in [1.165, 1.54) is 0 Å². The highest BCUT2D eigenvalue weighted by Crippen LogP contribution is 2.29. The van der Waals surface area contributed by atoms with Crippen molar-refractivity contribution < 1.29 is 27.9 Å². The second-order valence-corrected chi connectivity index (χ2v) is 3.13. The summed E-state index contributed by atoms with van der Waals surface area (Å²) in [5.74, 6) is -0.883. The van der Waals surface area contributed by atoms with E-state index in [1.54, 1.807) is 5.32 Å². The Morgan fingerprint density at radius 2 is 1.82 bits per heavy atom. The summed E-state index contributed by atoms with van der Waals surface area (Å²) in [5.41, 5.74) is -1.02. The van der Waals surface area contributed by atoms with Crippen molar-refractivity contribution in [1.29, 1.82) is 0 Å². The molecular weight excluding hydrogens is 239 g/mol. The molecule has 0 heterocycles. The molecule has 2 N–H and O–H groups in total. The van der Waals surface area contributed by atoms with Crippen LogP contribution < -0.4 is 5.32 Å². The van der Waals surface area contributed by atoms with Gasteiger partial charge in [-0.25, -0.2) is 0 Å². The van der Waals surface area contributed by atoms with Crippen molar-refractivity contribution in [2.45, 2.75) is 12.4 Å². The van der Waals surface area contributed by atoms with E-state index >= 15 is 0 Å². The first-order valence-electron chi connectivity index (χ1n) is 4.45. The Bertz CT molecular complexity index is 414. The van der Waals surface area contributed by atoms with Gasteiger partial charge in [-0.05, 0) is 12.1 Å². The summed E-state index contributed by atoms with van der Waals surface area (Å²) >= 11 is 0. The van der Waals surface area contributed by atoms with Gasteiger partial charge in [0, 0.05) is 5.56 Å². The predicted octanol–water partition coefficient (Wildman–Crippen LogP) is 0.953. The smallest absolute Gasteiger partial charge is 0.367 e. The maximum absolute atomic E-state index is 12.2. The summed E-state index contributed by atoms with van der Waals surface area (Å²) in [4.78, 5) is 21.3. The highest BCUT2D eigenvalue weighted by molar-refractivity contribution is 5.99. The van der Waals surface area contributed by atoms with Crippen LogP contribution in [0.25, 0.3) is 0 Å². The van der Waals surface area contributed by atoms with Crippen LogP contribution in [0.1, 0.15) is 15.9 Å². The standard InChI is InChI=1S/C10H8F3NO3/c11-10(12,13)7-3-1-6(2-4-7)8(16)9(17)14-5-15/h1-5,9,17H,(H,14,15). The number of nitrogens with one attached hydrogen (secondary N) is 1. The van der Waals surface area contributed by atoms with Crippen LogP contribution in [0.4, 0.5) is 13.2 Å². The number of alkyl halides is 3. The molecule has 1 unspecified atom stereocenters. The second kappa shape index (κ2) is 4.96. The fourth-order valence-corrected chi connectivity index (χ4v) is 1.12. The maximum Gasteiger partial charge on any atom is 0.416 e. The molecule has 0 bridgehead atoms. The monoisotopic (exact) mass is 247 g/mol. The highest BCUT2D eigenvalue weighted by atomic mass is 19.4. The lowest BCUT2D eigenvalue weighted by Gasteiger charge is -2.09. The Morgan fingerprint density at radius 1 is 1.29 bits per heavy atom. The molecule has 0 radical (unpaired) electrons. The van der Waals surface area contributed by atoms with Crippen molar-refractivity contribution in [2.75, 3.05) is 0 Å². The average molecular weight is 247 g/mol. The predicted molar refractivity (Wildman–Crippen MR) is 51.0 cm³/mol. The lowest BCUT2D eigenvalue weighted by Crippen LogP contribution is -2.35. The van der Waals surface area contributed by atoms with Crippen molar-refractivity contribution in [3.63, 3.8) is 0 Å². The molecule has 1 rings (SSSR count). The van der Waals surface area contributed by atoms with Crippen molar-refractivity contribution >= 4 is 12.2 Å². The van der Waals surface area contributed by atoms with Crippen LogP contribution in [0, 0.1) is 0 Å². The first-order valence-corrected chi connectivity index (χ1v) is 4.45. The summed E-state index contributed by atoms with van der Waals surface area (Å²) in [5, 5.41) is 10.9. The van der Waals surface area contributed by atoms with Gasteiger partial charge < -0.3 is 10.4 Å². The van der Waals surface area contributed by atoms with Gasteiger partial charge in [0.2, 0.25) is 12.2 Å². The molecule has 1 aromatic carbocycles. The number of Topliss-reactive ketones (excluding diaryl/α,β-unsaturated/α-hetero) is 1. The molecule has 17 heavy (non-hydrogen) atoms. The maximum atomic E-state index is 12.2. The minimum absolute atomic E-state index is 0.118. The number of hydrogen-bond donors (Lipinski definition) is 2. The number of amides is 1. The lowest BCUT2D eigenvalue weighted by atomic mass is 10.1. The summed E-state index contributed by atoms with van der Waals surface area (Å²) in [6.45, 7) is 0. The van der Waals surface area contributed by atoms with E-state index in [-0.39, 0.29) is 12.0 Å². The van der Waals surface area contributed by atoms with Gasteiger partial charge in [0.15, 0.2) is 6.23 Å². The molecule has 0 saturated carbocycles. The van der Waals surface area contributed by atoms with Crippen LogP contribution in [-0.2, 0) is 11.0 Å². The topological polar surface area (TPSA) is 66.4 Å². The molecular formula is C10H8F3NO3. The number of hydrogen-bond acceptors (Lipinski definition) is 3. The van der Waals surface area contributed by atoms with Crippen molar-refractivity contribution in [3.05, 3.63) is 35.4 Å². The largest absolute Gasteiger partial charge is 0.416 e. The Balaban J connectivity index is 2.88. The van der Waals surface area contributed by atoms with Crippen LogP contribution in [-0.4, -0.2) is 23.5 Å². The quantitative estimate of drug-likeness (QED) is 0.473. The Hall–Kier alpha value is -1.89. The molecule has 0 aliphatic rings. The minimum atomic E-state index is -4.48. The van der Waals surface area contributed by atoms with Gasteiger partial charge in [-0.3, -0.25) is 9.59 Å². The Labute approximate surface area is 94.1 Å². The third kappa shape index (κ3) is 3.28. The number of ketones is 1. The second-order valence-electron chi connectivity index (χ2n) is 3.13. The molecule has 0 aliphatic carbocycles. The number of aliphatic hydroxyl groups excluding tert-OH is 1. The van der Waals surface area contributed by atoms with Gasteiger partial charge >= 0.3 is 6.18 Å². The van der Waals surface area contributed by atoms with Gasteiger partial charge in [0.25, 0.3) is 0 Å². The first kappa shape index (κ1) is 13.2. The zero-order chi connectivity index (χ0) is 13.1. The van der Waals surface area contributed by atoms with Gasteiger partial charge in [0.1, 0.15) is 0 Å². The molecule has 0 fully saturated rings. The molecule has 1 amide bonds. The normalized spacial score (nSPS) is 12.9. The summed E-state index contributed by atoms with van der Waals surface area (Å²) < 4.78 is 36.6. The number of carbonyl (C=O) groups excluding carboxylic acids is 2. The van der Waals surface area contributed by atoms with E-state index in [4.69, 9.17) is 5.11 Å². The van der Waals surface area contributed by atoms with Crippen LogP contribution in [0.3, 0.4) is 0 Å². The fraction of sp³-hybridized carbons (Fsp3) is 0.200. The zero-order valence-electron chi connectivity index (χ0n) is 8.36. The molecule has 92 valence electrons. The Morgan fingerprint density at radius 3 is 2.24 bits per heavy atom. The van der Waals surface area contributed by atoms with Gasteiger partial charge in [-0.1, -0.05) is 12.1 Å². The molecule has 0 spiro atoms. The van der Waals surface area contributed by atoms with E-state index in [9.17, 15) is 22.8 Å². The Kier molecular flexibility index (Phi) is 3.84. The number of carbonyl (C=O) groups is 2. The molecule has 0 saturated heterocycles.